The molecule has 28 heavy (non-hydrogen) atoms. The van der Waals surface area contributed by atoms with Crippen molar-refractivity contribution >= 4 is 27.8 Å². The van der Waals surface area contributed by atoms with Crippen molar-refractivity contribution in [3.05, 3.63) is 81.5 Å². The van der Waals surface area contributed by atoms with Gasteiger partial charge in [0, 0.05) is 11.1 Å². The Hall–Kier alpha value is -3.54. The lowest BCUT2D eigenvalue weighted by Gasteiger charge is -2.12. The molecular formula is C22H17N3O3. The highest BCUT2D eigenvalue weighted by Crippen LogP contribution is 2.30. The van der Waals surface area contributed by atoms with Crippen molar-refractivity contribution in [3.8, 4) is 0 Å². The van der Waals surface area contributed by atoms with Crippen molar-refractivity contribution in [1.82, 2.24) is 15.0 Å². The van der Waals surface area contributed by atoms with E-state index >= 15 is 0 Å². The Balaban J connectivity index is 1.49. The highest BCUT2D eigenvalue weighted by molar-refractivity contribution is 6.05. The minimum atomic E-state index is -0.410. The van der Waals surface area contributed by atoms with E-state index in [1.54, 1.807) is 18.2 Å². The number of nitrogens with one attached hydrogen (secondary N) is 1. The summed E-state index contributed by atoms with van der Waals surface area (Å²) in [5.74, 6) is -0.0837. The number of aryl methyl sites for hydroxylation is 1. The molecule has 0 spiro atoms. The average Bonchev–Trinajstić information content (AvgIpc) is 3.18. The highest BCUT2D eigenvalue weighted by atomic mass is 16.5. The molecule has 1 N–H and O–H groups in total. The monoisotopic (exact) mass is 371 g/mol. The average molecular weight is 371 g/mol. The number of rotatable bonds is 3. The van der Waals surface area contributed by atoms with E-state index in [9.17, 15) is 9.59 Å². The molecule has 1 aliphatic carbocycles. The van der Waals surface area contributed by atoms with Crippen LogP contribution in [0.15, 0.2) is 53.3 Å². The number of aromatic amines is 1. The Labute approximate surface area is 160 Å². The first-order valence-corrected chi connectivity index (χ1v) is 9.26. The molecule has 0 fully saturated rings. The molecule has 2 heterocycles. The van der Waals surface area contributed by atoms with Gasteiger partial charge in [-0.1, -0.05) is 30.3 Å². The van der Waals surface area contributed by atoms with Gasteiger partial charge in [0.1, 0.15) is 12.4 Å². The first kappa shape index (κ1) is 16.6. The molecule has 0 saturated heterocycles. The predicted octanol–water partition coefficient (Wildman–Crippen LogP) is 3.32. The molecule has 6 heteroatoms. The van der Waals surface area contributed by atoms with Gasteiger partial charge in [-0.05, 0) is 43.0 Å². The van der Waals surface area contributed by atoms with Gasteiger partial charge in [0.25, 0.3) is 5.56 Å². The fourth-order valence-electron chi connectivity index (χ4n) is 3.85. The third-order valence-electron chi connectivity index (χ3n) is 5.13. The lowest BCUT2D eigenvalue weighted by atomic mass is 10.0. The second-order valence-electron chi connectivity index (χ2n) is 6.89. The van der Waals surface area contributed by atoms with E-state index in [2.05, 4.69) is 9.97 Å². The summed E-state index contributed by atoms with van der Waals surface area (Å²) in [7, 11) is 0. The number of para-hydroxylation sites is 2. The Kier molecular flexibility index (Phi) is 3.90. The minimum absolute atomic E-state index is 0.0929. The van der Waals surface area contributed by atoms with Gasteiger partial charge in [-0.25, -0.2) is 9.78 Å². The van der Waals surface area contributed by atoms with Gasteiger partial charge in [-0.2, -0.15) is 0 Å². The topological polar surface area (TPSA) is 84.9 Å². The Morgan fingerprint density at radius 2 is 1.68 bits per heavy atom. The standard InChI is InChI=1S/C22H17N3O3/c26-21-15-7-2-4-10-18(15)24-19(25-21)12-28-22(27)20-13-6-1-3-9-16(13)23-17-11-5-8-14(17)20/h1-4,6-7,9-10H,5,8,11-12H2,(H,24,25,26). The number of carbonyl (C=O) groups is 1. The molecule has 0 bridgehead atoms. The number of H-pyrrole nitrogens is 1. The number of nitrogens with zero attached hydrogens (tertiary/aromatic N) is 2. The molecule has 0 aliphatic heterocycles. The summed E-state index contributed by atoms with van der Waals surface area (Å²) in [6, 6.07) is 14.7. The molecule has 1 aliphatic rings. The lowest BCUT2D eigenvalue weighted by molar-refractivity contribution is 0.0463. The number of hydrogen-bond acceptors (Lipinski definition) is 5. The number of ether oxygens (including phenoxy) is 1. The van der Waals surface area contributed by atoms with Gasteiger partial charge in [-0.15, -0.1) is 0 Å². The summed E-state index contributed by atoms with van der Waals surface area (Å²) in [4.78, 5) is 36.9. The van der Waals surface area contributed by atoms with Crippen LogP contribution in [0.3, 0.4) is 0 Å². The number of aromatic nitrogens is 3. The highest BCUT2D eigenvalue weighted by Gasteiger charge is 2.24. The molecule has 0 radical (unpaired) electrons. The minimum Gasteiger partial charge on any atom is -0.454 e. The van der Waals surface area contributed by atoms with Crippen molar-refractivity contribution in [1.29, 1.82) is 0 Å². The maximum Gasteiger partial charge on any atom is 0.339 e. The second-order valence-corrected chi connectivity index (χ2v) is 6.89. The van der Waals surface area contributed by atoms with Gasteiger partial charge in [0.2, 0.25) is 0 Å². The second kappa shape index (κ2) is 6.56. The van der Waals surface area contributed by atoms with E-state index in [0.29, 0.717) is 22.3 Å². The summed E-state index contributed by atoms with van der Waals surface area (Å²) in [6.45, 7) is -0.0929. The first-order valence-electron chi connectivity index (χ1n) is 9.26. The summed E-state index contributed by atoms with van der Waals surface area (Å²) in [5.41, 5.74) is 3.67. The molecule has 138 valence electrons. The van der Waals surface area contributed by atoms with Gasteiger partial charge < -0.3 is 9.72 Å². The molecule has 0 amide bonds. The number of hydrogen-bond donors (Lipinski definition) is 1. The Morgan fingerprint density at radius 1 is 0.964 bits per heavy atom. The third-order valence-corrected chi connectivity index (χ3v) is 5.13. The zero-order valence-corrected chi connectivity index (χ0v) is 15.1. The van der Waals surface area contributed by atoms with Crippen LogP contribution >= 0.6 is 0 Å². The molecule has 0 atom stereocenters. The molecule has 0 unspecified atom stereocenters. The van der Waals surface area contributed by atoms with Crippen LogP contribution in [0.1, 0.15) is 33.9 Å². The quantitative estimate of drug-likeness (QED) is 0.559. The van der Waals surface area contributed by atoms with Gasteiger partial charge in [-0.3, -0.25) is 9.78 Å². The fourth-order valence-corrected chi connectivity index (χ4v) is 3.85. The third kappa shape index (κ3) is 2.74. The van der Waals surface area contributed by atoms with Crippen LogP contribution in [0, 0.1) is 0 Å². The van der Waals surface area contributed by atoms with Crippen LogP contribution in [0.25, 0.3) is 21.8 Å². The molecule has 5 rings (SSSR count). The van der Waals surface area contributed by atoms with Crippen LogP contribution in [0.2, 0.25) is 0 Å². The number of benzene rings is 2. The maximum atomic E-state index is 13.0. The van der Waals surface area contributed by atoms with E-state index in [-0.39, 0.29) is 12.2 Å². The Bertz CT molecular complexity index is 1290. The lowest BCUT2D eigenvalue weighted by Crippen LogP contribution is -2.15. The zero-order valence-electron chi connectivity index (χ0n) is 15.1. The summed E-state index contributed by atoms with van der Waals surface area (Å²) < 4.78 is 5.55. The van der Waals surface area contributed by atoms with Gasteiger partial charge in [0.05, 0.1) is 22.0 Å². The number of pyridine rings is 1. The fraction of sp³-hybridized carbons (Fsp3) is 0.182. The summed E-state index contributed by atoms with van der Waals surface area (Å²) >= 11 is 0. The van der Waals surface area contributed by atoms with Crippen molar-refractivity contribution in [2.45, 2.75) is 25.9 Å². The zero-order chi connectivity index (χ0) is 19.1. The van der Waals surface area contributed by atoms with E-state index in [0.717, 1.165) is 41.4 Å². The van der Waals surface area contributed by atoms with Crippen molar-refractivity contribution in [3.63, 3.8) is 0 Å². The van der Waals surface area contributed by atoms with Crippen LogP contribution in [-0.2, 0) is 24.2 Å². The van der Waals surface area contributed by atoms with E-state index in [1.807, 2.05) is 30.3 Å². The maximum absolute atomic E-state index is 13.0. The molecule has 4 aromatic rings. The number of fused-ring (bicyclic) bond motifs is 3. The molecule has 2 aromatic heterocycles. The van der Waals surface area contributed by atoms with Crippen molar-refractivity contribution in [2.24, 2.45) is 0 Å². The molecule has 6 nitrogen and oxygen atoms in total. The van der Waals surface area contributed by atoms with Crippen molar-refractivity contribution in [2.75, 3.05) is 0 Å². The largest absolute Gasteiger partial charge is 0.454 e. The van der Waals surface area contributed by atoms with Crippen LogP contribution in [0.4, 0.5) is 0 Å². The van der Waals surface area contributed by atoms with Gasteiger partial charge >= 0.3 is 5.97 Å². The normalized spacial score (nSPS) is 13.0. The van der Waals surface area contributed by atoms with Crippen LogP contribution < -0.4 is 5.56 Å². The SMILES string of the molecule is O=C(OCc1nc2ccccc2c(=O)[nH]1)c1c2c(nc3ccccc13)CCC2. The summed E-state index contributed by atoms with van der Waals surface area (Å²) in [6.07, 6.45) is 2.68. The molecular weight excluding hydrogens is 354 g/mol. The Morgan fingerprint density at radius 3 is 2.50 bits per heavy atom. The first-order chi connectivity index (χ1) is 13.7. The smallest absolute Gasteiger partial charge is 0.339 e. The van der Waals surface area contributed by atoms with Crippen LogP contribution in [0.5, 0.6) is 0 Å². The number of carbonyl (C=O) groups excluding carboxylic acids is 1. The number of esters is 1. The summed E-state index contributed by atoms with van der Waals surface area (Å²) in [5, 5.41) is 1.31. The molecule has 0 saturated carbocycles. The van der Waals surface area contributed by atoms with Crippen LogP contribution in [-0.4, -0.2) is 20.9 Å². The van der Waals surface area contributed by atoms with E-state index in [1.165, 1.54) is 0 Å². The van der Waals surface area contributed by atoms with Gasteiger partial charge in [0.15, 0.2) is 0 Å². The predicted molar refractivity (Wildman–Crippen MR) is 105 cm³/mol. The van der Waals surface area contributed by atoms with Crippen molar-refractivity contribution < 1.29 is 9.53 Å². The van der Waals surface area contributed by atoms with E-state index < -0.39 is 5.97 Å². The molecule has 2 aromatic carbocycles. The van der Waals surface area contributed by atoms with E-state index in [4.69, 9.17) is 9.72 Å².